The first-order valence-corrected chi connectivity index (χ1v) is 12.2. The summed E-state index contributed by atoms with van der Waals surface area (Å²) in [5.74, 6) is -0.468. The molecule has 4 amide bonds. The lowest BCUT2D eigenvalue weighted by Gasteiger charge is -2.31. The van der Waals surface area contributed by atoms with Crippen LogP contribution in [0, 0.1) is 0 Å². The second kappa shape index (κ2) is 11.9. The van der Waals surface area contributed by atoms with Crippen LogP contribution in [0.25, 0.3) is 10.9 Å². The Kier molecular flexibility index (Phi) is 8.37. The van der Waals surface area contributed by atoms with Crippen molar-refractivity contribution in [3.63, 3.8) is 0 Å². The number of urea groups is 1. The molecular formula is C27H31N5O7. The molecule has 0 bridgehead atoms. The minimum Gasteiger partial charge on any atom is -0.497 e. The molecule has 0 fully saturated rings. The van der Waals surface area contributed by atoms with Crippen molar-refractivity contribution in [2.24, 2.45) is 5.73 Å². The van der Waals surface area contributed by atoms with Crippen LogP contribution in [-0.4, -0.2) is 71.6 Å². The number of anilines is 1. The third-order valence-corrected chi connectivity index (χ3v) is 6.52. The Balaban J connectivity index is 1.46. The number of aromatic amines is 1. The molecule has 0 saturated heterocycles. The molecule has 4 rings (SSSR count). The summed E-state index contributed by atoms with van der Waals surface area (Å²) in [7, 11) is 2.94. The molecule has 12 heteroatoms. The van der Waals surface area contributed by atoms with E-state index in [9.17, 15) is 24.6 Å². The van der Waals surface area contributed by atoms with Crippen LogP contribution in [0.1, 0.15) is 12.0 Å². The molecule has 3 aromatic rings. The number of aliphatic hydroxyl groups excluding tert-OH is 2. The number of hydrogen-bond donors (Lipinski definition) is 7. The zero-order valence-corrected chi connectivity index (χ0v) is 21.4. The van der Waals surface area contributed by atoms with Gasteiger partial charge in [-0.3, -0.25) is 9.59 Å². The number of methoxy groups -OCH3 is 2. The zero-order valence-electron chi connectivity index (χ0n) is 21.4. The lowest BCUT2D eigenvalue weighted by molar-refractivity contribution is -0.125. The van der Waals surface area contributed by atoms with Crippen LogP contribution < -0.4 is 31.2 Å². The minimum atomic E-state index is -1.37. The quantitative estimate of drug-likeness (QED) is 0.211. The summed E-state index contributed by atoms with van der Waals surface area (Å²) in [6.45, 7) is 0. The van der Waals surface area contributed by atoms with Crippen LogP contribution in [0.3, 0.4) is 0 Å². The average molecular weight is 538 g/mol. The maximum Gasteiger partial charge on any atom is 0.319 e. The summed E-state index contributed by atoms with van der Waals surface area (Å²) in [6.07, 6.45) is 0.366. The van der Waals surface area contributed by atoms with Crippen molar-refractivity contribution in [1.82, 2.24) is 15.6 Å². The van der Waals surface area contributed by atoms with E-state index in [4.69, 9.17) is 15.2 Å². The Morgan fingerprint density at radius 3 is 2.46 bits per heavy atom. The third kappa shape index (κ3) is 6.48. The highest BCUT2D eigenvalue weighted by Gasteiger charge is 2.34. The van der Waals surface area contributed by atoms with Crippen LogP contribution >= 0.6 is 0 Å². The van der Waals surface area contributed by atoms with Gasteiger partial charge in [-0.15, -0.1) is 0 Å². The second-order valence-corrected chi connectivity index (χ2v) is 9.17. The van der Waals surface area contributed by atoms with Crippen molar-refractivity contribution in [3.05, 3.63) is 65.9 Å². The number of benzene rings is 2. The van der Waals surface area contributed by atoms with Crippen LogP contribution in [0.2, 0.25) is 0 Å². The van der Waals surface area contributed by atoms with Crippen LogP contribution in [-0.2, 0) is 16.0 Å². The van der Waals surface area contributed by atoms with E-state index in [1.807, 2.05) is 24.3 Å². The van der Waals surface area contributed by atoms with Crippen LogP contribution in [0.15, 0.2) is 60.3 Å². The highest BCUT2D eigenvalue weighted by molar-refractivity contribution is 5.98. The number of amides is 4. The first-order chi connectivity index (χ1) is 18.7. The normalized spacial score (nSPS) is 19.5. The number of carbonyl (C=O) groups excluding carboxylic acids is 3. The molecule has 0 saturated carbocycles. The van der Waals surface area contributed by atoms with E-state index in [-0.39, 0.29) is 18.4 Å². The largest absolute Gasteiger partial charge is 0.497 e. The van der Waals surface area contributed by atoms with Gasteiger partial charge in [0, 0.05) is 59.4 Å². The first kappa shape index (κ1) is 27.5. The predicted molar refractivity (Wildman–Crippen MR) is 143 cm³/mol. The highest BCUT2D eigenvalue weighted by atomic mass is 16.5. The molecule has 4 atom stereocenters. The van der Waals surface area contributed by atoms with E-state index in [1.54, 1.807) is 24.4 Å². The van der Waals surface area contributed by atoms with Crippen LogP contribution in [0.5, 0.6) is 11.5 Å². The number of fused-ring (bicyclic) bond motifs is 1. The van der Waals surface area contributed by atoms with E-state index < -0.39 is 42.1 Å². The van der Waals surface area contributed by atoms with Gasteiger partial charge in [-0.2, -0.15) is 0 Å². The van der Waals surface area contributed by atoms with Gasteiger partial charge in [0.1, 0.15) is 23.6 Å². The molecule has 1 aromatic heterocycles. The molecule has 4 unspecified atom stereocenters. The average Bonchev–Trinajstić information content (AvgIpc) is 3.33. The van der Waals surface area contributed by atoms with Crippen molar-refractivity contribution in [1.29, 1.82) is 0 Å². The van der Waals surface area contributed by atoms with E-state index in [0.717, 1.165) is 16.5 Å². The number of carbonyl (C=O) groups is 3. The summed E-state index contributed by atoms with van der Waals surface area (Å²) in [5, 5.41) is 29.5. The van der Waals surface area contributed by atoms with Gasteiger partial charge in [0.15, 0.2) is 0 Å². The van der Waals surface area contributed by atoms with Gasteiger partial charge >= 0.3 is 6.03 Å². The fourth-order valence-corrected chi connectivity index (χ4v) is 4.46. The van der Waals surface area contributed by atoms with Gasteiger partial charge in [-0.25, -0.2) is 4.79 Å². The number of ether oxygens (including phenoxy) is 2. The second-order valence-electron chi connectivity index (χ2n) is 9.17. The summed E-state index contributed by atoms with van der Waals surface area (Å²) >= 11 is 0. The smallest absolute Gasteiger partial charge is 0.319 e. The Labute approximate surface area is 224 Å². The van der Waals surface area contributed by atoms with E-state index >= 15 is 0 Å². The van der Waals surface area contributed by atoms with E-state index in [1.165, 1.54) is 20.3 Å². The SMILES string of the molecule is COc1cc(NC(=O)NC2C=C(C(=O)NC(Cc3c[nH]c4ccccc34)C(N)=O)CC(O)C2O)cc(OC)c1. The third-order valence-electron chi connectivity index (χ3n) is 6.52. The fourth-order valence-electron chi connectivity index (χ4n) is 4.46. The van der Waals surface area contributed by atoms with Crippen molar-refractivity contribution in [2.45, 2.75) is 37.1 Å². The van der Waals surface area contributed by atoms with Gasteiger partial charge in [-0.05, 0) is 11.6 Å². The first-order valence-electron chi connectivity index (χ1n) is 12.2. The lowest BCUT2D eigenvalue weighted by atomic mass is 9.89. The predicted octanol–water partition coefficient (Wildman–Crippen LogP) is 0.940. The number of hydrogen-bond acceptors (Lipinski definition) is 7. The molecule has 39 heavy (non-hydrogen) atoms. The molecule has 1 aliphatic carbocycles. The number of nitrogens with one attached hydrogen (secondary N) is 4. The van der Waals surface area contributed by atoms with Crippen molar-refractivity contribution < 1.29 is 34.1 Å². The van der Waals surface area contributed by atoms with Crippen molar-refractivity contribution in [3.8, 4) is 11.5 Å². The number of nitrogens with two attached hydrogens (primary N) is 1. The lowest BCUT2D eigenvalue weighted by Crippen LogP contribution is -2.53. The van der Waals surface area contributed by atoms with Crippen molar-refractivity contribution in [2.75, 3.05) is 19.5 Å². The number of H-pyrrole nitrogens is 1. The number of para-hydroxylation sites is 1. The maximum absolute atomic E-state index is 13.1. The summed E-state index contributed by atoms with van der Waals surface area (Å²) in [4.78, 5) is 41.0. The van der Waals surface area contributed by atoms with Gasteiger partial charge in [0.2, 0.25) is 11.8 Å². The number of rotatable bonds is 9. The number of primary amides is 1. The molecule has 1 heterocycles. The fraction of sp³-hybridized carbons (Fsp3) is 0.296. The Bertz CT molecular complexity index is 1380. The van der Waals surface area contributed by atoms with E-state index in [2.05, 4.69) is 20.9 Å². The standard InChI is InChI=1S/C27H31N5O7/c1-38-17-10-16(11-18(12-17)39-2)30-27(37)32-21-7-14(9-23(33)24(21)34)26(36)31-22(25(28)35)8-15-13-29-20-6-4-3-5-19(15)20/h3-7,10-13,21-24,29,33-34H,8-9H2,1-2H3,(H2,28,35)(H,31,36)(H2,30,32,37). The molecule has 0 spiro atoms. The highest BCUT2D eigenvalue weighted by Crippen LogP contribution is 2.26. The van der Waals surface area contributed by atoms with Gasteiger partial charge in [0.25, 0.3) is 0 Å². The molecular weight excluding hydrogens is 506 g/mol. The number of aromatic nitrogens is 1. The molecule has 206 valence electrons. The summed E-state index contributed by atoms with van der Waals surface area (Å²) in [5.41, 5.74) is 7.71. The topological polar surface area (TPSA) is 188 Å². The minimum absolute atomic E-state index is 0.0892. The Hall–Kier alpha value is -4.55. The molecule has 2 aromatic carbocycles. The molecule has 0 aliphatic heterocycles. The molecule has 12 nitrogen and oxygen atoms in total. The Morgan fingerprint density at radius 1 is 1.10 bits per heavy atom. The van der Waals surface area contributed by atoms with Gasteiger partial charge in [0.05, 0.1) is 26.4 Å². The van der Waals surface area contributed by atoms with E-state index in [0.29, 0.717) is 17.2 Å². The number of aliphatic hydroxyl groups is 2. The molecule has 0 radical (unpaired) electrons. The maximum atomic E-state index is 13.1. The zero-order chi connectivity index (χ0) is 28.1. The Morgan fingerprint density at radius 2 is 1.79 bits per heavy atom. The van der Waals surface area contributed by atoms with Gasteiger partial charge in [-0.1, -0.05) is 24.3 Å². The van der Waals surface area contributed by atoms with Crippen LogP contribution in [0.4, 0.5) is 10.5 Å². The summed E-state index contributed by atoms with van der Waals surface area (Å²) < 4.78 is 10.4. The summed E-state index contributed by atoms with van der Waals surface area (Å²) in [6, 6.07) is 9.48. The van der Waals surface area contributed by atoms with Gasteiger partial charge < -0.3 is 46.4 Å². The van der Waals surface area contributed by atoms with Crippen molar-refractivity contribution >= 4 is 34.4 Å². The molecule has 8 N–H and O–H groups in total. The monoisotopic (exact) mass is 537 g/mol. The molecule has 1 aliphatic rings.